The minimum absolute atomic E-state index is 0.372. The summed E-state index contributed by atoms with van der Waals surface area (Å²) in [6.45, 7) is 0. The highest BCUT2D eigenvalue weighted by Gasteiger charge is 2.05. The number of nitriles is 1. The lowest BCUT2D eigenvalue weighted by atomic mass is 10.3. The Balaban J connectivity index is 2.30. The Labute approximate surface area is 85.4 Å². The number of aryl methyl sites for hydroxylation is 1. The third-order valence-electron chi connectivity index (χ3n) is 1.76. The van der Waals surface area contributed by atoms with Gasteiger partial charge in [0.1, 0.15) is 5.01 Å². The molecule has 2 aromatic rings. The lowest BCUT2D eigenvalue weighted by Crippen LogP contribution is -1.84. The Morgan fingerprint density at radius 1 is 1.64 bits per heavy atom. The second-order valence-electron chi connectivity index (χ2n) is 2.88. The van der Waals surface area contributed by atoms with Crippen LogP contribution >= 0.6 is 11.3 Å². The van der Waals surface area contributed by atoms with Crippen molar-refractivity contribution >= 4 is 11.3 Å². The van der Waals surface area contributed by atoms with Gasteiger partial charge in [0.2, 0.25) is 0 Å². The van der Waals surface area contributed by atoms with Gasteiger partial charge in [-0.1, -0.05) is 0 Å². The maximum atomic E-state index is 8.50. The quantitative estimate of drug-likeness (QED) is 0.746. The van der Waals surface area contributed by atoms with Gasteiger partial charge in [-0.2, -0.15) is 10.4 Å². The molecule has 0 N–H and O–H groups in total. The average molecular weight is 204 g/mol. The fourth-order valence-electron chi connectivity index (χ4n) is 1.13. The van der Waals surface area contributed by atoms with Gasteiger partial charge >= 0.3 is 0 Å². The van der Waals surface area contributed by atoms with E-state index in [1.165, 1.54) is 0 Å². The topological polar surface area (TPSA) is 54.5 Å². The molecule has 0 atom stereocenters. The Morgan fingerprint density at radius 2 is 2.50 bits per heavy atom. The molecule has 0 fully saturated rings. The maximum Gasteiger partial charge on any atom is 0.126 e. The van der Waals surface area contributed by atoms with E-state index in [1.54, 1.807) is 22.2 Å². The summed E-state index contributed by atoms with van der Waals surface area (Å²) in [5.41, 5.74) is 1.83. The van der Waals surface area contributed by atoms with Crippen molar-refractivity contribution in [3.05, 3.63) is 23.5 Å². The van der Waals surface area contributed by atoms with Crippen LogP contribution in [0, 0.1) is 11.3 Å². The summed E-state index contributed by atoms with van der Waals surface area (Å²) in [6, 6.07) is 2.08. The minimum atomic E-state index is 0.372. The number of hydrogen-bond donors (Lipinski definition) is 0. The number of nitrogens with zero attached hydrogens (tertiary/aromatic N) is 4. The molecule has 0 aromatic carbocycles. The summed E-state index contributed by atoms with van der Waals surface area (Å²) in [4.78, 5) is 4.33. The summed E-state index contributed by atoms with van der Waals surface area (Å²) in [5.74, 6) is 0. The van der Waals surface area contributed by atoms with Gasteiger partial charge in [0, 0.05) is 24.2 Å². The molecular formula is C9H8N4S. The Bertz CT molecular complexity index is 477. The molecule has 0 unspecified atom stereocenters. The van der Waals surface area contributed by atoms with Crippen molar-refractivity contribution in [1.29, 1.82) is 5.26 Å². The monoisotopic (exact) mass is 204 g/mol. The van der Waals surface area contributed by atoms with Gasteiger partial charge in [-0.25, -0.2) is 4.98 Å². The van der Waals surface area contributed by atoms with Crippen molar-refractivity contribution in [2.45, 2.75) is 6.42 Å². The lowest BCUT2D eigenvalue weighted by Gasteiger charge is -1.86. The summed E-state index contributed by atoms with van der Waals surface area (Å²) >= 11 is 1.54. The van der Waals surface area contributed by atoms with Crippen molar-refractivity contribution in [3.63, 3.8) is 0 Å². The highest BCUT2D eigenvalue weighted by molar-refractivity contribution is 7.13. The first kappa shape index (κ1) is 8.91. The predicted octanol–water partition coefficient (Wildman–Crippen LogP) is 1.61. The fraction of sp³-hybridized carbons (Fsp3) is 0.222. The van der Waals surface area contributed by atoms with Crippen LogP contribution in [0.4, 0.5) is 0 Å². The molecule has 0 bridgehead atoms. The molecule has 0 spiro atoms. The molecule has 0 saturated carbocycles. The van der Waals surface area contributed by atoms with Crippen LogP contribution in [0.25, 0.3) is 10.6 Å². The molecule has 70 valence electrons. The van der Waals surface area contributed by atoms with E-state index in [4.69, 9.17) is 5.26 Å². The molecule has 0 aliphatic rings. The second-order valence-corrected chi connectivity index (χ2v) is 3.74. The van der Waals surface area contributed by atoms with Crippen molar-refractivity contribution in [2.75, 3.05) is 0 Å². The van der Waals surface area contributed by atoms with Crippen LogP contribution in [0.3, 0.4) is 0 Å². The van der Waals surface area contributed by atoms with Crippen LogP contribution in [-0.4, -0.2) is 14.8 Å². The number of rotatable bonds is 2. The Kier molecular flexibility index (Phi) is 2.29. The molecule has 0 aliphatic carbocycles. The predicted molar refractivity (Wildman–Crippen MR) is 53.6 cm³/mol. The molecule has 5 heteroatoms. The third kappa shape index (κ3) is 1.65. The first-order valence-corrected chi connectivity index (χ1v) is 4.98. The van der Waals surface area contributed by atoms with Crippen LogP contribution in [0.2, 0.25) is 0 Å². The Morgan fingerprint density at radius 3 is 3.14 bits per heavy atom. The molecule has 0 radical (unpaired) electrons. The largest absolute Gasteiger partial charge is 0.275 e. The van der Waals surface area contributed by atoms with Gasteiger partial charge in [-0.05, 0) is 0 Å². The van der Waals surface area contributed by atoms with E-state index in [0.29, 0.717) is 6.42 Å². The SMILES string of the molecule is Cn1cc(-c2nc(CC#N)cs2)cn1. The number of hydrogen-bond acceptors (Lipinski definition) is 4. The van der Waals surface area contributed by atoms with Crippen molar-refractivity contribution in [2.24, 2.45) is 7.05 Å². The fourth-order valence-corrected chi connectivity index (χ4v) is 1.93. The van der Waals surface area contributed by atoms with E-state index >= 15 is 0 Å². The van der Waals surface area contributed by atoms with Gasteiger partial charge in [-0.15, -0.1) is 11.3 Å². The van der Waals surface area contributed by atoms with E-state index in [0.717, 1.165) is 16.3 Å². The smallest absolute Gasteiger partial charge is 0.126 e. The summed E-state index contributed by atoms with van der Waals surface area (Å²) in [5, 5.41) is 15.4. The van der Waals surface area contributed by atoms with E-state index in [1.807, 2.05) is 18.6 Å². The molecule has 0 aliphatic heterocycles. The summed E-state index contributed by atoms with van der Waals surface area (Å²) in [7, 11) is 1.87. The maximum absolute atomic E-state index is 8.50. The normalized spacial score (nSPS) is 10.0. The van der Waals surface area contributed by atoms with E-state index in [9.17, 15) is 0 Å². The zero-order valence-electron chi connectivity index (χ0n) is 7.64. The van der Waals surface area contributed by atoms with Crippen molar-refractivity contribution in [3.8, 4) is 16.6 Å². The van der Waals surface area contributed by atoms with Crippen LogP contribution in [0.1, 0.15) is 5.69 Å². The van der Waals surface area contributed by atoms with Gasteiger partial charge in [0.05, 0.1) is 24.4 Å². The standard InChI is InChI=1S/C9H8N4S/c1-13-5-7(4-11-13)9-12-8(2-3-10)6-14-9/h4-6H,2H2,1H3. The molecular weight excluding hydrogens is 196 g/mol. The van der Waals surface area contributed by atoms with E-state index < -0.39 is 0 Å². The van der Waals surface area contributed by atoms with Gasteiger partial charge in [0.25, 0.3) is 0 Å². The van der Waals surface area contributed by atoms with Gasteiger partial charge in [0.15, 0.2) is 0 Å². The van der Waals surface area contributed by atoms with Crippen molar-refractivity contribution < 1.29 is 0 Å². The summed E-state index contributed by atoms with van der Waals surface area (Å²) in [6.07, 6.45) is 4.06. The Hall–Kier alpha value is -1.67. The molecule has 14 heavy (non-hydrogen) atoms. The third-order valence-corrected chi connectivity index (χ3v) is 2.70. The second kappa shape index (κ2) is 3.60. The lowest BCUT2D eigenvalue weighted by molar-refractivity contribution is 0.768. The molecule has 0 saturated heterocycles. The zero-order valence-corrected chi connectivity index (χ0v) is 8.45. The first-order valence-electron chi connectivity index (χ1n) is 4.10. The molecule has 2 rings (SSSR count). The summed E-state index contributed by atoms with van der Waals surface area (Å²) < 4.78 is 1.74. The number of thiazole rings is 1. The highest BCUT2D eigenvalue weighted by atomic mass is 32.1. The van der Waals surface area contributed by atoms with Crippen LogP contribution in [-0.2, 0) is 13.5 Å². The van der Waals surface area contributed by atoms with Crippen LogP contribution in [0.15, 0.2) is 17.8 Å². The molecule has 2 heterocycles. The highest BCUT2D eigenvalue weighted by Crippen LogP contribution is 2.22. The first-order chi connectivity index (χ1) is 6.79. The molecule has 4 nitrogen and oxygen atoms in total. The minimum Gasteiger partial charge on any atom is -0.275 e. The average Bonchev–Trinajstić information content (AvgIpc) is 2.74. The van der Waals surface area contributed by atoms with Gasteiger partial charge in [-0.3, -0.25) is 4.68 Å². The zero-order chi connectivity index (χ0) is 9.97. The van der Waals surface area contributed by atoms with Crippen LogP contribution < -0.4 is 0 Å². The van der Waals surface area contributed by atoms with E-state index in [-0.39, 0.29) is 0 Å². The molecule has 0 amide bonds. The number of aromatic nitrogens is 3. The molecule has 2 aromatic heterocycles. The van der Waals surface area contributed by atoms with E-state index in [2.05, 4.69) is 16.2 Å². The van der Waals surface area contributed by atoms with Gasteiger partial charge < -0.3 is 0 Å². The van der Waals surface area contributed by atoms with Crippen LogP contribution in [0.5, 0.6) is 0 Å². The van der Waals surface area contributed by atoms with Crippen molar-refractivity contribution in [1.82, 2.24) is 14.8 Å².